The zero-order chi connectivity index (χ0) is 12.2. The summed E-state index contributed by atoms with van der Waals surface area (Å²) in [6.07, 6.45) is 0. The van der Waals surface area contributed by atoms with Crippen molar-refractivity contribution in [2.24, 2.45) is 0 Å². The van der Waals surface area contributed by atoms with Crippen molar-refractivity contribution < 1.29 is 4.42 Å². The molecule has 0 aliphatic rings. The fourth-order valence-electron chi connectivity index (χ4n) is 1.79. The molecule has 1 heterocycles. The smallest absolute Gasteiger partial charge is 0.155 e. The molecule has 0 spiro atoms. The van der Waals surface area contributed by atoms with Gasteiger partial charge in [-0.15, -0.1) is 0 Å². The lowest BCUT2D eigenvalue weighted by atomic mass is 10.1. The van der Waals surface area contributed by atoms with E-state index in [1.807, 2.05) is 18.2 Å². The van der Waals surface area contributed by atoms with Crippen molar-refractivity contribution in [2.45, 2.75) is 0 Å². The summed E-state index contributed by atoms with van der Waals surface area (Å²) in [6, 6.07) is 7.50. The van der Waals surface area contributed by atoms with Crippen molar-refractivity contribution in [2.75, 3.05) is 0 Å². The van der Waals surface area contributed by atoms with Crippen molar-refractivity contribution in [1.82, 2.24) is 0 Å². The molecule has 0 radical (unpaired) electrons. The van der Waals surface area contributed by atoms with Gasteiger partial charge in [-0.2, -0.15) is 0 Å². The van der Waals surface area contributed by atoms with Crippen LogP contribution in [0.5, 0.6) is 0 Å². The first-order valence-corrected chi connectivity index (χ1v) is 6.66. The summed E-state index contributed by atoms with van der Waals surface area (Å²) >= 11 is 21.5. The highest BCUT2D eigenvalue weighted by Gasteiger charge is 2.15. The highest BCUT2D eigenvalue weighted by molar-refractivity contribution is 9.10. The average Bonchev–Trinajstić information content (AvgIpc) is 2.65. The number of furan rings is 1. The number of rotatable bonds is 0. The third-order valence-electron chi connectivity index (χ3n) is 2.56. The Morgan fingerprint density at radius 1 is 0.941 bits per heavy atom. The summed E-state index contributed by atoms with van der Waals surface area (Å²) in [7, 11) is 0. The molecule has 0 amide bonds. The molecule has 3 rings (SSSR count). The summed E-state index contributed by atoms with van der Waals surface area (Å²) in [5.41, 5.74) is 1.32. The van der Waals surface area contributed by atoms with Crippen LogP contribution in [0.1, 0.15) is 0 Å². The lowest BCUT2D eigenvalue weighted by Crippen LogP contribution is -1.73. The highest BCUT2D eigenvalue weighted by Crippen LogP contribution is 2.41. The SMILES string of the molecule is Clc1cc2c(oc3ccc(Br)cc32)c(Cl)c1Cl. The lowest BCUT2D eigenvalue weighted by molar-refractivity contribution is 0.669. The quantitative estimate of drug-likeness (QED) is 0.433. The minimum atomic E-state index is 0.318. The normalized spacial score (nSPS) is 11.5. The van der Waals surface area contributed by atoms with Gasteiger partial charge in [-0.3, -0.25) is 0 Å². The molecule has 0 N–H and O–H groups in total. The molecule has 2 aromatic carbocycles. The molecule has 5 heteroatoms. The van der Waals surface area contributed by atoms with E-state index in [4.69, 9.17) is 39.2 Å². The molecule has 1 aromatic heterocycles. The maximum Gasteiger partial charge on any atom is 0.155 e. The molecule has 17 heavy (non-hydrogen) atoms. The zero-order valence-corrected chi connectivity index (χ0v) is 12.1. The van der Waals surface area contributed by atoms with Crippen molar-refractivity contribution in [3.8, 4) is 0 Å². The second kappa shape index (κ2) is 4.06. The van der Waals surface area contributed by atoms with Gasteiger partial charge >= 0.3 is 0 Å². The van der Waals surface area contributed by atoms with E-state index in [1.165, 1.54) is 0 Å². The summed E-state index contributed by atoms with van der Waals surface area (Å²) in [4.78, 5) is 0. The van der Waals surface area contributed by atoms with Crippen LogP contribution in [0, 0.1) is 0 Å². The monoisotopic (exact) mass is 348 g/mol. The van der Waals surface area contributed by atoms with E-state index in [0.717, 1.165) is 20.8 Å². The first-order valence-electron chi connectivity index (χ1n) is 4.73. The lowest BCUT2D eigenvalue weighted by Gasteiger charge is -1.99. The fourth-order valence-corrected chi connectivity index (χ4v) is 2.79. The fraction of sp³-hybridized carbons (Fsp3) is 0. The summed E-state index contributed by atoms with van der Waals surface area (Å²) in [5.74, 6) is 0. The molecule has 0 aliphatic heterocycles. The predicted molar refractivity (Wildman–Crippen MR) is 76.5 cm³/mol. The van der Waals surface area contributed by atoms with E-state index < -0.39 is 0 Å². The number of fused-ring (bicyclic) bond motifs is 3. The van der Waals surface area contributed by atoms with Crippen LogP contribution in [0.2, 0.25) is 15.1 Å². The molecule has 0 saturated carbocycles. The van der Waals surface area contributed by atoms with Crippen molar-refractivity contribution in [1.29, 1.82) is 0 Å². The van der Waals surface area contributed by atoms with Crippen LogP contribution >= 0.6 is 50.7 Å². The first-order chi connectivity index (χ1) is 8.08. The topological polar surface area (TPSA) is 13.1 Å². The second-order valence-corrected chi connectivity index (χ2v) is 5.68. The Labute approximate surface area is 120 Å². The van der Waals surface area contributed by atoms with Crippen molar-refractivity contribution in [3.05, 3.63) is 43.8 Å². The maximum absolute atomic E-state index is 6.12. The third kappa shape index (κ3) is 1.75. The molecule has 3 aromatic rings. The predicted octanol–water partition coefficient (Wildman–Crippen LogP) is 6.31. The second-order valence-electron chi connectivity index (χ2n) is 3.61. The largest absolute Gasteiger partial charge is 0.454 e. The van der Waals surface area contributed by atoms with E-state index in [9.17, 15) is 0 Å². The van der Waals surface area contributed by atoms with Crippen LogP contribution in [0.25, 0.3) is 21.9 Å². The number of hydrogen-bond donors (Lipinski definition) is 0. The van der Waals surface area contributed by atoms with E-state index >= 15 is 0 Å². The summed E-state index contributed by atoms with van der Waals surface area (Å²) < 4.78 is 6.65. The molecule has 0 fully saturated rings. The van der Waals surface area contributed by atoms with Gasteiger partial charge < -0.3 is 4.42 Å². The molecular weight excluding hydrogens is 346 g/mol. The van der Waals surface area contributed by atoms with Gasteiger partial charge in [0.25, 0.3) is 0 Å². The Bertz CT molecular complexity index is 748. The average molecular weight is 350 g/mol. The maximum atomic E-state index is 6.12. The number of benzene rings is 2. The highest BCUT2D eigenvalue weighted by atomic mass is 79.9. The van der Waals surface area contributed by atoms with Crippen LogP contribution in [-0.2, 0) is 0 Å². The number of halogens is 4. The Hall–Kier alpha value is -0.410. The Balaban J connectivity index is 2.57. The molecule has 0 atom stereocenters. The zero-order valence-electron chi connectivity index (χ0n) is 8.23. The molecule has 0 aliphatic carbocycles. The minimum Gasteiger partial charge on any atom is -0.454 e. The molecule has 86 valence electrons. The molecular formula is C12H4BrCl3O. The third-order valence-corrected chi connectivity index (χ3v) is 4.30. The van der Waals surface area contributed by atoms with E-state index in [2.05, 4.69) is 15.9 Å². The standard InChI is InChI=1S/C12H4BrCl3O/c13-5-1-2-9-6(3-5)7-4-8(14)10(15)11(16)12(7)17-9/h1-4H. The molecule has 0 unspecified atom stereocenters. The van der Waals surface area contributed by atoms with Crippen molar-refractivity contribution >= 4 is 72.7 Å². The van der Waals surface area contributed by atoms with Gasteiger partial charge in [0, 0.05) is 15.2 Å². The summed E-state index contributed by atoms with van der Waals surface area (Å²) in [5, 5.41) is 2.91. The Morgan fingerprint density at radius 2 is 1.71 bits per heavy atom. The molecule has 1 nitrogen and oxygen atoms in total. The van der Waals surface area contributed by atoms with Gasteiger partial charge in [0.05, 0.1) is 10.0 Å². The van der Waals surface area contributed by atoms with Gasteiger partial charge in [-0.25, -0.2) is 0 Å². The van der Waals surface area contributed by atoms with Gasteiger partial charge in [0.15, 0.2) is 5.58 Å². The van der Waals surface area contributed by atoms with Crippen molar-refractivity contribution in [3.63, 3.8) is 0 Å². The van der Waals surface area contributed by atoms with Crippen LogP contribution in [0.3, 0.4) is 0 Å². The van der Waals surface area contributed by atoms with Crippen LogP contribution < -0.4 is 0 Å². The van der Waals surface area contributed by atoms with Gasteiger partial charge in [0.1, 0.15) is 10.6 Å². The molecule has 0 bridgehead atoms. The van der Waals surface area contributed by atoms with Gasteiger partial charge in [0.2, 0.25) is 0 Å². The molecule has 0 saturated heterocycles. The van der Waals surface area contributed by atoms with Crippen LogP contribution in [-0.4, -0.2) is 0 Å². The van der Waals surface area contributed by atoms with E-state index in [1.54, 1.807) is 6.07 Å². The summed E-state index contributed by atoms with van der Waals surface area (Å²) in [6.45, 7) is 0. The number of hydrogen-bond acceptors (Lipinski definition) is 1. The Morgan fingerprint density at radius 3 is 2.47 bits per heavy atom. The first kappa shape index (κ1) is 11.7. The van der Waals surface area contributed by atoms with Gasteiger partial charge in [-0.05, 0) is 24.3 Å². The minimum absolute atomic E-state index is 0.318. The van der Waals surface area contributed by atoms with Crippen LogP contribution in [0.4, 0.5) is 0 Å². The van der Waals surface area contributed by atoms with E-state index in [0.29, 0.717) is 20.7 Å². The van der Waals surface area contributed by atoms with E-state index in [-0.39, 0.29) is 0 Å². The van der Waals surface area contributed by atoms with Gasteiger partial charge in [-0.1, -0.05) is 50.7 Å². The van der Waals surface area contributed by atoms with Crippen LogP contribution in [0.15, 0.2) is 33.2 Å². The Kier molecular flexibility index (Phi) is 2.79.